The lowest BCUT2D eigenvalue weighted by Crippen LogP contribution is -2.36. The molecular formula is C14H19N3O. The van der Waals surface area contributed by atoms with Gasteiger partial charge >= 0.3 is 6.03 Å². The molecule has 18 heavy (non-hydrogen) atoms. The van der Waals surface area contributed by atoms with Crippen molar-refractivity contribution in [2.24, 2.45) is 7.05 Å². The molecule has 0 saturated carbocycles. The van der Waals surface area contributed by atoms with Gasteiger partial charge in [-0.15, -0.1) is 0 Å². The van der Waals surface area contributed by atoms with Crippen LogP contribution in [0.15, 0.2) is 30.5 Å². The van der Waals surface area contributed by atoms with E-state index in [4.69, 9.17) is 0 Å². The smallest absolute Gasteiger partial charge is 0.316 e. The van der Waals surface area contributed by atoms with Crippen LogP contribution >= 0.6 is 0 Å². The van der Waals surface area contributed by atoms with Crippen LogP contribution in [-0.4, -0.2) is 36.1 Å². The molecule has 0 saturated heterocycles. The fourth-order valence-electron chi connectivity index (χ4n) is 2.21. The minimum Gasteiger partial charge on any atom is -0.350 e. The molecule has 96 valence electrons. The highest BCUT2D eigenvalue weighted by atomic mass is 16.2. The van der Waals surface area contributed by atoms with Gasteiger partial charge in [-0.2, -0.15) is 0 Å². The maximum absolute atomic E-state index is 11.4. The van der Waals surface area contributed by atoms with Crippen molar-refractivity contribution in [3.63, 3.8) is 0 Å². The minimum absolute atomic E-state index is 0.0461. The van der Waals surface area contributed by atoms with Crippen LogP contribution < -0.4 is 5.32 Å². The van der Waals surface area contributed by atoms with Gasteiger partial charge in [-0.1, -0.05) is 18.2 Å². The van der Waals surface area contributed by atoms with Crippen LogP contribution in [0.3, 0.4) is 0 Å². The first kappa shape index (κ1) is 12.5. The third kappa shape index (κ3) is 2.32. The molecule has 0 aliphatic heterocycles. The van der Waals surface area contributed by atoms with Crippen LogP contribution in [0.2, 0.25) is 0 Å². The van der Waals surface area contributed by atoms with Crippen molar-refractivity contribution in [1.82, 2.24) is 14.8 Å². The number of fused-ring (bicyclic) bond motifs is 1. The Kier molecular flexibility index (Phi) is 3.55. The summed E-state index contributed by atoms with van der Waals surface area (Å²) < 4.78 is 2.13. The van der Waals surface area contributed by atoms with Gasteiger partial charge in [0.1, 0.15) is 0 Å². The number of urea groups is 1. The van der Waals surface area contributed by atoms with Crippen LogP contribution in [0.1, 0.15) is 5.56 Å². The Labute approximate surface area is 107 Å². The van der Waals surface area contributed by atoms with E-state index in [0.29, 0.717) is 6.54 Å². The Morgan fingerprint density at radius 1 is 1.39 bits per heavy atom. The molecule has 4 nitrogen and oxygen atoms in total. The lowest BCUT2D eigenvalue weighted by Gasteiger charge is -2.15. The molecule has 2 amide bonds. The first-order valence-electron chi connectivity index (χ1n) is 6.09. The predicted molar refractivity (Wildman–Crippen MR) is 73.7 cm³/mol. The quantitative estimate of drug-likeness (QED) is 0.882. The summed E-state index contributed by atoms with van der Waals surface area (Å²) in [7, 11) is 5.51. The number of carbonyl (C=O) groups excluding carboxylic acids is 1. The molecule has 0 radical (unpaired) electrons. The molecule has 1 aromatic carbocycles. The SMILES string of the molecule is CNC(=O)N(C)CCc1cn(C)c2ccccc12. The molecule has 1 aromatic heterocycles. The first-order valence-corrected chi connectivity index (χ1v) is 6.09. The van der Waals surface area contributed by atoms with Gasteiger partial charge in [-0.3, -0.25) is 0 Å². The highest BCUT2D eigenvalue weighted by Crippen LogP contribution is 2.20. The van der Waals surface area contributed by atoms with Crippen LogP contribution in [0.5, 0.6) is 0 Å². The fourth-order valence-corrected chi connectivity index (χ4v) is 2.21. The van der Waals surface area contributed by atoms with Gasteiger partial charge in [0.15, 0.2) is 0 Å². The fraction of sp³-hybridized carbons (Fsp3) is 0.357. The number of carbonyl (C=O) groups is 1. The number of nitrogens with one attached hydrogen (secondary N) is 1. The lowest BCUT2D eigenvalue weighted by molar-refractivity contribution is 0.211. The van der Waals surface area contributed by atoms with Crippen molar-refractivity contribution < 1.29 is 4.79 Å². The number of para-hydroxylation sites is 1. The van der Waals surface area contributed by atoms with Crippen LogP contribution in [-0.2, 0) is 13.5 Å². The summed E-state index contributed by atoms with van der Waals surface area (Å²) in [5.74, 6) is 0. The Bertz CT molecular complexity index is 559. The summed E-state index contributed by atoms with van der Waals surface area (Å²) in [6.45, 7) is 0.716. The topological polar surface area (TPSA) is 37.3 Å². The van der Waals surface area contributed by atoms with E-state index in [-0.39, 0.29) is 6.03 Å². The van der Waals surface area contributed by atoms with E-state index in [0.717, 1.165) is 6.42 Å². The standard InChI is InChI=1S/C14H19N3O/c1-15-14(18)16(2)9-8-11-10-17(3)13-7-5-4-6-12(11)13/h4-7,10H,8-9H2,1-3H3,(H,15,18). The van der Waals surface area contributed by atoms with Gasteiger partial charge < -0.3 is 14.8 Å². The van der Waals surface area contributed by atoms with Gasteiger partial charge in [0.05, 0.1) is 0 Å². The second-order valence-corrected chi connectivity index (χ2v) is 4.51. The lowest BCUT2D eigenvalue weighted by atomic mass is 10.1. The Morgan fingerprint density at radius 3 is 2.83 bits per heavy atom. The molecule has 0 bridgehead atoms. The van der Waals surface area contributed by atoms with Crippen molar-refractivity contribution in [1.29, 1.82) is 0 Å². The summed E-state index contributed by atoms with van der Waals surface area (Å²) in [5, 5.41) is 3.89. The van der Waals surface area contributed by atoms with Crippen molar-refractivity contribution in [3.8, 4) is 0 Å². The molecule has 4 heteroatoms. The number of benzene rings is 1. The van der Waals surface area contributed by atoms with Crippen molar-refractivity contribution in [2.45, 2.75) is 6.42 Å². The van der Waals surface area contributed by atoms with E-state index in [1.165, 1.54) is 16.5 Å². The maximum Gasteiger partial charge on any atom is 0.316 e. The monoisotopic (exact) mass is 245 g/mol. The Hall–Kier alpha value is -1.97. The van der Waals surface area contributed by atoms with Crippen LogP contribution in [0.25, 0.3) is 10.9 Å². The van der Waals surface area contributed by atoms with Gasteiger partial charge in [-0.25, -0.2) is 4.79 Å². The Balaban J connectivity index is 2.15. The van der Waals surface area contributed by atoms with E-state index >= 15 is 0 Å². The number of hydrogen-bond donors (Lipinski definition) is 1. The molecule has 0 aliphatic rings. The van der Waals surface area contributed by atoms with E-state index in [2.05, 4.69) is 28.2 Å². The van der Waals surface area contributed by atoms with Gasteiger partial charge in [-0.05, 0) is 18.1 Å². The molecule has 0 atom stereocenters. The van der Waals surface area contributed by atoms with Crippen molar-refractivity contribution in [3.05, 3.63) is 36.0 Å². The minimum atomic E-state index is -0.0461. The molecule has 1 N–H and O–H groups in total. The zero-order valence-electron chi connectivity index (χ0n) is 11.1. The highest BCUT2D eigenvalue weighted by Gasteiger charge is 2.09. The summed E-state index contributed by atoms with van der Waals surface area (Å²) >= 11 is 0. The van der Waals surface area contributed by atoms with Gasteiger partial charge in [0, 0.05) is 44.8 Å². The summed E-state index contributed by atoms with van der Waals surface area (Å²) in [5.41, 5.74) is 2.51. The number of hydrogen-bond acceptors (Lipinski definition) is 1. The van der Waals surface area contributed by atoms with Crippen LogP contribution in [0.4, 0.5) is 4.79 Å². The van der Waals surface area contributed by atoms with E-state index in [9.17, 15) is 4.79 Å². The normalized spacial score (nSPS) is 10.6. The molecule has 0 fully saturated rings. The third-order valence-electron chi connectivity index (χ3n) is 3.26. The van der Waals surface area contributed by atoms with Gasteiger partial charge in [0.25, 0.3) is 0 Å². The molecule has 2 aromatic rings. The average Bonchev–Trinajstić information content (AvgIpc) is 2.72. The predicted octanol–water partition coefficient (Wildman–Crippen LogP) is 1.99. The van der Waals surface area contributed by atoms with E-state index in [1.54, 1.807) is 11.9 Å². The second kappa shape index (κ2) is 5.12. The second-order valence-electron chi connectivity index (χ2n) is 4.51. The molecule has 0 unspecified atom stereocenters. The molecule has 1 heterocycles. The third-order valence-corrected chi connectivity index (χ3v) is 3.26. The zero-order valence-corrected chi connectivity index (χ0v) is 11.1. The summed E-state index contributed by atoms with van der Waals surface area (Å²) in [6, 6.07) is 8.29. The number of amides is 2. The number of nitrogens with zero attached hydrogens (tertiary/aromatic N) is 2. The Morgan fingerprint density at radius 2 is 2.11 bits per heavy atom. The molecular weight excluding hydrogens is 226 g/mol. The number of aromatic nitrogens is 1. The van der Waals surface area contributed by atoms with Crippen LogP contribution in [0, 0.1) is 0 Å². The number of rotatable bonds is 3. The van der Waals surface area contributed by atoms with Crippen molar-refractivity contribution in [2.75, 3.05) is 20.6 Å². The maximum atomic E-state index is 11.4. The van der Waals surface area contributed by atoms with E-state index in [1.807, 2.05) is 26.2 Å². The summed E-state index contributed by atoms with van der Waals surface area (Å²) in [6.07, 6.45) is 3.01. The average molecular weight is 245 g/mol. The largest absolute Gasteiger partial charge is 0.350 e. The van der Waals surface area contributed by atoms with E-state index < -0.39 is 0 Å². The summed E-state index contributed by atoms with van der Waals surface area (Å²) in [4.78, 5) is 13.1. The first-order chi connectivity index (χ1) is 8.63. The number of aryl methyl sites for hydroxylation is 1. The van der Waals surface area contributed by atoms with Crippen molar-refractivity contribution >= 4 is 16.9 Å². The highest BCUT2D eigenvalue weighted by molar-refractivity contribution is 5.84. The van der Waals surface area contributed by atoms with Gasteiger partial charge in [0.2, 0.25) is 0 Å². The molecule has 2 rings (SSSR count). The molecule has 0 aliphatic carbocycles. The molecule has 0 spiro atoms. The zero-order chi connectivity index (χ0) is 13.1. The number of likely N-dealkylation sites (N-methyl/N-ethyl adjacent to an activating group) is 1.